The molecule has 1 unspecified atom stereocenters. The van der Waals surface area contributed by atoms with Gasteiger partial charge in [0.25, 0.3) is 0 Å². The van der Waals surface area contributed by atoms with Crippen LogP contribution >= 0.6 is 23.1 Å². The van der Waals surface area contributed by atoms with E-state index in [1.807, 2.05) is 0 Å². The summed E-state index contributed by atoms with van der Waals surface area (Å²) in [6.45, 7) is 7.74. The molecule has 0 radical (unpaired) electrons. The summed E-state index contributed by atoms with van der Waals surface area (Å²) < 4.78 is 12.7. The molecule has 2 aromatic rings. The molecule has 3 heterocycles. The van der Waals surface area contributed by atoms with Gasteiger partial charge < -0.3 is 19.4 Å². The van der Waals surface area contributed by atoms with E-state index in [2.05, 4.69) is 38.9 Å². The first-order valence-corrected chi connectivity index (χ1v) is 11.9. The number of carbonyl (C=O) groups excluding carboxylic acids is 2. The lowest BCUT2D eigenvalue weighted by molar-refractivity contribution is -0.142. The highest BCUT2D eigenvalue weighted by Gasteiger charge is 2.22. The van der Waals surface area contributed by atoms with Crippen molar-refractivity contribution in [3.8, 4) is 0 Å². The lowest BCUT2D eigenvalue weighted by atomic mass is 10.2. The number of nitrogens with one attached hydrogen (secondary N) is 1. The summed E-state index contributed by atoms with van der Waals surface area (Å²) in [6, 6.07) is 0. The topological polar surface area (TPSA) is 108 Å². The number of nitrogens with zero attached hydrogens (tertiary/aromatic N) is 4. The van der Waals surface area contributed by atoms with Crippen LogP contribution in [0.15, 0.2) is 10.5 Å². The van der Waals surface area contributed by atoms with Gasteiger partial charge in [0, 0.05) is 17.9 Å². The second-order valence-corrected chi connectivity index (χ2v) is 9.00. The van der Waals surface area contributed by atoms with Gasteiger partial charge in [-0.25, -0.2) is 4.98 Å². The maximum absolute atomic E-state index is 12.4. The second kappa shape index (κ2) is 10.9. The molecule has 1 atom stereocenters. The zero-order valence-corrected chi connectivity index (χ0v) is 19.1. The first-order valence-electron chi connectivity index (χ1n) is 10.0. The van der Waals surface area contributed by atoms with Gasteiger partial charge in [0.05, 0.1) is 37.1 Å². The van der Waals surface area contributed by atoms with Crippen molar-refractivity contribution < 1.29 is 19.1 Å². The summed E-state index contributed by atoms with van der Waals surface area (Å²) in [5.74, 6) is 0.805. The fourth-order valence-corrected chi connectivity index (χ4v) is 4.57. The third-order valence-electron chi connectivity index (χ3n) is 4.43. The predicted octanol–water partition coefficient (Wildman–Crippen LogP) is 2.87. The van der Waals surface area contributed by atoms with E-state index >= 15 is 0 Å². The summed E-state index contributed by atoms with van der Waals surface area (Å²) in [5.41, 5.74) is 0.583. The second-order valence-electron chi connectivity index (χ2n) is 7.20. The minimum Gasteiger partial charge on any atom is -0.466 e. The standard InChI is InChI=1S/C19H27N5O4S2/c1-4-27-16(26)8-13-10-29-18(20-13)21-15(25)11-30-19-23-22-17(12(2)3)24(19)9-14-6-5-7-28-14/h10,12,14H,4-9,11H2,1-3H3,(H,20,21,25). The van der Waals surface area contributed by atoms with Crippen molar-refractivity contribution in [3.63, 3.8) is 0 Å². The van der Waals surface area contributed by atoms with Crippen LogP contribution in [0.25, 0.3) is 0 Å². The fourth-order valence-electron chi connectivity index (χ4n) is 3.09. The smallest absolute Gasteiger partial charge is 0.311 e. The molecule has 1 saturated heterocycles. The van der Waals surface area contributed by atoms with Crippen LogP contribution in [0.5, 0.6) is 0 Å². The minimum absolute atomic E-state index is 0.0965. The molecule has 0 saturated carbocycles. The molecule has 164 valence electrons. The van der Waals surface area contributed by atoms with Gasteiger partial charge in [-0.1, -0.05) is 25.6 Å². The summed E-state index contributed by atoms with van der Waals surface area (Å²) in [5, 5.41) is 14.3. The number of hydrogen-bond donors (Lipinski definition) is 1. The number of thioether (sulfide) groups is 1. The summed E-state index contributed by atoms with van der Waals surface area (Å²) in [6.07, 6.45) is 2.36. The predicted molar refractivity (Wildman–Crippen MR) is 115 cm³/mol. The van der Waals surface area contributed by atoms with E-state index in [1.54, 1.807) is 12.3 Å². The van der Waals surface area contributed by atoms with E-state index in [4.69, 9.17) is 9.47 Å². The Labute approximate surface area is 184 Å². The van der Waals surface area contributed by atoms with Gasteiger partial charge in [-0.3, -0.25) is 9.59 Å². The van der Waals surface area contributed by atoms with Crippen molar-refractivity contribution >= 4 is 40.1 Å². The van der Waals surface area contributed by atoms with Gasteiger partial charge in [-0.2, -0.15) is 0 Å². The zero-order chi connectivity index (χ0) is 21.5. The van der Waals surface area contributed by atoms with Gasteiger partial charge in [0.2, 0.25) is 5.91 Å². The molecule has 9 nitrogen and oxygen atoms in total. The first kappa shape index (κ1) is 22.7. The molecule has 0 aliphatic carbocycles. The normalized spacial score (nSPS) is 16.2. The molecule has 3 rings (SSSR count). The lowest BCUT2D eigenvalue weighted by Gasteiger charge is -2.15. The number of rotatable bonds is 10. The Kier molecular flexibility index (Phi) is 8.23. The van der Waals surface area contributed by atoms with Crippen LogP contribution in [0.1, 0.15) is 51.0 Å². The zero-order valence-electron chi connectivity index (χ0n) is 17.4. The highest BCUT2D eigenvalue weighted by molar-refractivity contribution is 7.99. The van der Waals surface area contributed by atoms with Crippen LogP contribution in [0.4, 0.5) is 5.13 Å². The van der Waals surface area contributed by atoms with Crippen LogP contribution in [0, 0.1) is 0 Å². The SMILES string of the molecule is CCOC(=O)Cc1csc(NC(=O)CSc2nnc(C(C)C)n2CC2CCCO2)n1. The van der Waals surface area contributed by atoms with Gasteiger partial charge in [0.1, 0.15) is 5.82 Å². The van der Waals surface area contributed by atoms with Crippen molar-refractivity contribution in [1.29, 1.82) is 0 Å². The van der Waals surface area contributed by atoms with Gasteiger partial charge >= 0.3 is 5.97 Å². The number of amides is 1. The van der Waals surface area contributed by atoms with Crippen molar-refractivity contribution in [2.24, 2.45) is 0 Å². The highest BCUT2D eigenvalue weighted by atomic mass is 32.2. The number of anilines is 1. The largest absolute Gasteiger partial charge is 0.466 e. The van der Waals surface area contributed by atoms with Crippen LogP contribution in [-0.4, -0.2) is 56.7 Å². The molecular weight excluding hydrogens is 426 g/mol. The average molecular weight is 454 g/mol. The molecule has 30 heavy (non-hydrogen) atoms. The molecular formula is C19H27N5O4S2. The Hall–Kier alpha value is -1.98. The maximum Gasteiger partial charge on any atom is 0.311 e. The molecule has 1 N–H and O–H groups in total. The number of ether oxygens (including phenoxy) is 2. The van der Waals surface area contributed by atoms with Gasteiger partial charge in [0.15, 0.2) is 10.3 Å². The molecule has 1 amide bonds. The average Bonchev–Trinajstić information content (AvgIpc) is 3.43. The number of thiazole rings is 1. The Morgan fingerprint density at radius 2 is 2.27 bits per heavy atom. The third kappa shape index (κ3) is 6.26. The minimum atomic E-state index is -0.331. The molecule has 0 aromatic carbocycles. The van der Waals surface area contributed by atoms with E-state index < -0.39 is 0 Å². The molecule has 2 aromatic heterocycles. The number of aromatic nitrogens is 4. The van der Waals surface area contributed by atoms with Crippen molar-refractivity contribution in [3.05, 3.63) is 16.9 Å². The number of esters is 1. The fraction of sp³-hybridized carbons (Fsp3) is 0.632. The third-order valence-corrected chi connectivity index (χ3v) is 6.21. The van der Waals surface area contributed by atoms with E-state index in [0.29, 0.717) is 29.1 Å². The van der Waals surface area contributed by atoms with Crippen molar-refractivity contribution in [1.82, 2.24) is 19.7 Å². The monoisotopic (exact) mass is 453 g/mol. The molecule has 0 bridgehead atoms. The summed E-state index contributed by atoms with van der Waals surface area (Å²) in [4.78, 5) is 28.2. The Balaban J connectivity index is 1.55. The van der Waals surface area contributed by atoms with Crippen LogP contribution in [0.2, 0.25) is 0 Å². The highest BCUT2D eigenvalue weighted by Crippen LogP contribution is 2.25. The van der Waals surface area contributed by atoms with Crippen LogP contribution < -0.4 is 5.32 Å². The lowest BCUT2D eigenvalue weighted by Crippen LogP contribution is -2.19. The molecule has 1 aliphatic rings. The Morgan fingerprint density at radius 3 is 2.97 bits per heavy atom. The molecule has 1 aliphatic heterocycles. The van der Waals surface area contributed by atoms with Crippen molar-refractivity contribution in [2.75, 3.05) is 24.3 Å². The Morgan fingerprint density at radius 1 is 1.43 bits per heavy atom. The number of carbonyl (C=O) groups is 2. The summed E-state index contributed by atoms with van der Waals surface area (Å²) >= 11 is 2.63. The van der Waals surface area contributed by atoms with Gasteiger partial charge in [-0.15, -0.1) is 21.5 Å². The van der Waals surface area contributed by atoms with Crippen LogP contribution in [-0.2, 0) is 32.0 Å². The van der Waals surface area contributed by atoms with Crippen LogP contribution in [0.3, 0.4) is 0 Å². The van der Waals surface area contributed by atoms with Gasteiger partial charge in [-0.05, 0) is 19.8 Å². The molecule has 11 heteroatoms. The molecule has 0 spiro atoms. The first-order chi connectivity index (χ1) is 14.5. The Bertz CT molecular complexity index is 861. The van der Waals surface area contributed by atoms with E-state index in [9.17, 15) is 9.59 Å². The summed E-state index contributed by atoms with van der Waals surface area (Å²) in [7, 11) is 0. The number of hydrogen-bond acceptors (Lipinski definition) is 9. The van der Waals surface area contributed by atoms with E-state index in [0.717, 1.165) is 25.3 Å². The van der Waals surface area contributed by atoms with E-state index in [1.165, 1.54) is 23.1 Å². The molecule has 1 fully saturated rings. The van der Waals surface area contributed by atoms with E-state index in [-0.39, 0.29) is 36.1 Å². The van der Waals surface area contributed by atoms with Crippen molar-refractivity contribution in [2.45, 2.75) is 63.8 Å². The quantitative estimate of drug-likeness (QED) is 0.432. The maximum atomic E-state index is 12.4.